The number of halogens is 1. The number of hydrogen-bond donors (Lipinski definition) is 2. The van der Waals surface area contributed by atoms with Crippen molar-refractivity contribution in [1.29, 1.82) is 0 Å². The monoisotopic (exact) mass is 243 g/mol. The van der Waals surface area contributed by atoms with Crippen molar-refractivity contribution in [3.63, 3.8) is 0 Å². The molecular formula is C11H14ClNO3. The Kier molecular flexibility index (Phi) is 2.97. The summed E-state index contributed by atoms with van der Waals surface area (Å²) in [4.78, 5) is 0. The molecule has 2 rings (SSSR count). The van der Waals surface area contributed by atoms with Gasteiger partial charge in [0.25, 0.3) is 0 Å². The molecule has 0 saturated heterocycles. The van der Waals surface area contributed by atoms with Crippen LogP contribution < -0.4 is 15.2 Å². The average molecular weight is 244 g/mol. The molecule has 0 bridgehead atoms. The molecule has 0 saturated carbocycles. The van der Waals surface area contributed by atoms with Crippen LogP contribution in [0.25, 0.3) is 0 Å². The summed E-state index contributed by atoms with van der Waals surface area (Å²) < 4.78 is 10.6. The third kappa shape index (κ3) is 1.73. The third-order valence-electron chi connectivity index (χ3n) is 2.70. The first-order chi connectivity index (χ1) is 7.52. The van der Waals surface area contributed by atoms with Gasteiger partial charge in [0.15, 0.2) is 11.5 Å². The number of fused-ring (bicyclic) bond motifs is 1. The highest BCUT2D eigenvalue weighted by atomic mass is 35.5. The summed E-state index contributed by atoms with van der Waals surface area (Å²) in [5.74, 6) is 1.14. The number of nitrogens with two attached hydrogens (primary N) is 1. The van der Waals surface area contributed by atoms with Crippen LogP contribution in [0.2, 0.25) is 5.02 Å². The Morgan fingerprint density at radius 1 is 1.44 bits per heavy atom. The lowest BCUT2D eigenvalue weighted by Gasteiger charge is -2.18. The largest absolute Gasteiger partial charge is 0.453 e. The highest BCUT2D eigenvalue weighted by molar-refractivity contribution is 6.32. The van der Waals surface area contributed by atoms with E-state index in [1.807, 2.05) is 6.92 Å². The molecule has 1 aliphatic heterocycles. The summed E-state index contributed by atoms with van der Waals surface area (Å²) in [5, 5.41) is 10.4. The molecule has 1 heterocycles. The molecule has 1 aromatic carbocycles. The van der Waals surface area contributed by atoms with E-state index in [0.717, 1.165) is 5.56 Å². The van der Waals surface area contributed by atoms with E-state index in [0.29, 0.717) is 22.1 Å². The zero-order valence-electron chi connectivity index (χ0n) is 9.16. The van der Waals surface area contributed by atoms with Gasteiger partial charge < -0.3 is 20.3 Å². The van der Waals surface area contributed by atoms with Crippen LogP contribution in [0.3, 0.4) is 0 Å². The molecule has 5 heteroatoms. The summed E-state index contributed by atoms with van der Waals surface area (Å²) in [7, 11) is 0. The van der Waals surface area contributed by atoms with E-state index in [4.69, 9.17) is 26.8 Å². The average Bonchev–Trinajstić information content (AvgIpc) is 2.71. The van der Waals surface area contributed by atoms with Crippen molar-refractivity contribution in [3.05, 3.63) is 22.2 Å². The van der Waals surface area contributed by atoms with Crippen molar-refractivity contribution < 1.29 is 14.6 Å². The Hall–Kier alpha value is -0.970. The summed E-state index contributed by atoms with van der Waals surface area (Å²) in [5.41, 5.74) is 7.17. The van der Waals surface area contributed by atoms with Crippen LogP contribution in [0.4, 0.5) is 0 Å². The van der Waals surface area contributed by atoms with Gasteiger partial charge >= 0.3 is 0 Å². The zero-order valence-corrected chi connectivity index (χ0v) is 9.91. The number of ether oxygens (including phenoxy) is 2. The van der Waals surface area contributed by atoms with E-state index < -0.39 is 6.10 Å². The lowest BCUT2D eigenvalue weighted by Crippen LogP contribution is -2.25. The quantitative estimate of drug-likeness (QED) is 0.831. The second-order valence-electron chi connectivity index (χ2n) is 3.94. The molecule has 16 heavy (non-hydrogen) atoms. The van der Waals surface area contributed by atoms with Crippen LogP contribution in [0.1, 0.15) is 24.2 Å². The summed E-state index contributed by atoms with van der Waals surface area (Å²) in [6, 6.07) is 1.31. The minimum absolute atomic E-state index is 0.160. The zero-order chi connectivity index (χ0) is 11.9. The molecule has 1 aliphatic rings. The van der Waals surface area contributed by atoms with Crippen LogP contribution in [0.5, 0.6) is 11.5 Å². The van der Waals surface area contributed by atoms with Crippen molar-refractivity contribution in [2.24, 2.45) is 5.73 Å². The number of rotatable bonds is 2. The van der Waals surface area contributed by atoms with Crippen molar-refractivity contribution in [2.75, 3.05) is 6.79 Å². The number of aliphatic hydroxyl groups excluding tert-OH is 1. The molecule has 2 unspecified atom stereocenters. The van der Waals surface area contributed by atoms with Gasteiger partial charge in [-0.2, -0.15) is 0 Å². The summed E-state index contributed by atoms with van der Waals surface area (Å²) in [6.45, 7) is 3.75. The predicted octanol–water partition coefficient (Wildman–Crippen LogP) is 1.76. The van der Waals surface area contributed by atoms with Crippen molar-refractivity contribution in [2.45, 2.75) is 26.0 Å². The Balaban J connectivity index is 2.52. The minimum Gasteiger partial charge on any atom is -0.453 e. The van der Waals surface area contributed by atoms with Crippen LogP contribution in [0, 0.1) is 6.92 Å². The Bertz CT molecular complexity index is 420. The maximum atomic E-state index is 9.95. The van der Waals surface area contributed by atoms with E-state index in [1.165, 1.54) is 0 Å². The Morgan fingerprint density at radius 3 is 2.69 bits per heavy atom. The third-order valence-corrected chi connectivity index (χ3v) is 2.98. The SMILES string of the molecule is Cc1c(C(O)C(C)N)cc(Cl)c2c1OCO2. The van der Waals surface area contributed by atoms with Gasteiger partial charge in [0.05, 0.1) is 11.1 Å². The summed E-state index contributed by atoms with van der Waals surface area (Å²) >= 11 is 6.04. The molecule has 0 amide bonds. The first-order valence-corrected chi connectivity index (χ1v) is 5.42. The second kappa shape index (κ2) is 4.13. The topological polar surface area (TPSA) is 64.7 Å². The molecule has 0 aromatic heterocycles. The Morgan fingerprint density at radius 2 is 2.06 bits per heavy atom. The van der Waals surface area contributed by atoms with Gasteiger partial charge in [-0.05, 0) is 25.5 Å². The fourth-order valence-electron chi connectivity index (χ4n) is 1.77. The molecule has 0 fully saturated rings. The van der Waals surface area contributed by atoms with Gasteiger partial charge in [-0.15, -0.1) is 0 Å². The molecule has 0 aliphatic carbocycles. The summed E-state index contributed by atoms with van der Waals surface area (Å²) in [6.07, 6.45) is -0.757. The fraction of sp³-hybridized carbons (Fsp3) is 0.455. The highest BCUT2D eigenvalue weighted by Crippen LogP contribution is 2.44. The van der Waals surface area contributed by atoms with Gasteiger partial charge in [0, 0.05) is 11.6 Å². The first kappa shape index (κ1) is 11.5. The van der Waals surface area contributed by atoms with Crippen molar-refractivity contribution >= 4 is 11.6 Å². The molecule has 3 N–H and O–H groups in total. The molecule has 1 aromatic rings. The minimum atomic E-state index is -0.757. The number of aliphatic hydroxyl groups is 1. The van der Waals surface area contributed by atoms with E-state index in [-0.39, 0.29) is 12.8 Å². The van der Waals surface area contributed by atoms with Gasteiger partial charge in [-0.25, -0.2) is 0 Å². The predicted molar refractivity (Wildman–Crippen MR) is 60.9 cm³/mol. The maximum absolute atomic E-state index is 9.95. The van der Waals surface area contributed by atoms with Crippen LogP contribution in [-0.2, 0) is 0 Å². The van der Waals surface area contributed by atoms with Gasteiger partial charge in [0.1, 0.15) is 0 Å². The first-order valence-electron chi connectivity index (χ1n) is 5.04. The fourth-order valence-corrected chi connectivity index (χ4v) is 2.02. The number of benzene rings is 1. The van der Waals surface area contributed by atoms with Crippen molar-refractivity contribution in [3.8, 4) is 11.5 Å². The highest BCUT2D eigenvalue weighted by Gasteiger charge is 2.26. The lowest BCUT2D eigenvalue weighted by molar-refractivity contribution is 0.151. The standard InChI is InChI=1S/C11H14ClNO3/c1-5-7(9(14)6(2)13)3-8(12)11-10(5)15-4-16-11/h3,6,9,14H,4,13H2,1-2H3. The lowest BCUT2D eigenvalue weighted by atomic mass is 9.98. The van der Waals surface area contributed by atoms with Gasteiger partial charge in [-0.1, -0.05) is 11.6 Å². The molecule has 2 atom stereocenters. The van der Waals surface area contributed by atoms with Gasteiger partial charge in [-0.3, -0.25) is 0 Å². The second-order valence-corrected chi connectivity index (χ2v) is 4.35. The molecule has 0 spiro atoms. The maximum Gasteiger partial charge on any atom is 0.231 e. The van der Waals surface area contributed by atoms with Crippen LogP contribution in [-0.4, -0.2) is 17.9 Å². The van der Waals surface area contributed by atoms with Crippen LogP contribution in [0.15, 0.2) is 6.07 Å². The van der Waals surface area contributed by atoms with E-state index >= 15 is 0 Å². The molecule has 88 valence electrons. The van der Waals surface area contributed by atoms with Gasteiger partial charge in [0.2, 0.25) is 6.79 Å². The molecule has 4 nitrogen and oxygen atoms in total. The normalized spacial score (nSPS) is 17.3. The van der Waals surface area contributed by atoms with Crippen molar-refractivity contribution in [1.82, 2.24) is 0 Å². The number of hydrogen-bond acceptors (Lipinski definition) is 4. The van der Waals surface area contributed by atoms with Crippen LogP contribution >= 0.6 is 11.6 Å². The Labute approximate surface area is 98.9 Å². The van der Waals surface area contributed by atoms with E-state index in [9.17, 15) is 5.11 Å². The molecular weight excluding hydrogens is 230 g/mol. The smallest absolute Gasteiger partial charge is 0.231 e. The van der Waals surface area contributed by atoms with E-state index in [2.05, 4.69) is 0 Å². The molecule has 0 radical (unpaired) electrons. The van der Waals surface area contributed by atoms with E-state index in [1.54, 1.807) is 13.0 Å².